The number of anilines is 1. The zero-order valence-corrected chi connectivity index (χ0v) is 14.0. The molecule has 1 fully saturated rings. The number of ether oxygens (including phenoxy) is 1. The van der Waals surface area contributed by atoms with Crippen molar-refractivity contribution in [1.82, 2.24) is 4.98 Å². The van der Waals surface area contributed by atoms with Gasteiger partial charge in [-0.25, -0.2) is 0 Å². The van der Waals surface area contributed by atoms with E-state index in [2.05, 4.69) is 4.98 Å². The standard InChI is InChI=1S/C18H17ClN2O3/c1-10-9-21(15-4-2-3-13(19)17(15)24-10)18(23)12-7-14(11-5-6-11)20-16(22)8-12/h2-4,7-8,10-11H,5-6,9H2,1H3,(H,20,22)/t10-/m1/s1. The molecule has 5 nitrogen and oxygen atoms in total. The first-order valence-corrected chi connectivity index (χ1v) is 8.42. The fourth-order valence-electron chi connectivity index (χ4n) is 3.07. The summed E-state index contributed by atoms with van der Waals surface area (Å²) in [6.45, 7) is 2.30. The van der Waals surface area contributed by atoms with Crippen LogP contribution in [-0.4, -0.2) is 23.5 Å². The number of nitrogens with zero attached hydrogens (tertiary/aromatic N) is 1. The molecule has 0 spiro atoms. The molecule has 4 rings (SSSR count). The van der Waals surface area contributed by atoms with Gasteiger partial charge in [0.15, 0.2) is 5.75 Å². The van der Waals surface area contributed by atoms with Crippen LogP contribution in [0.3, 0.4) is 0 Å². The molecule has 1 saturated carbocycles. The van der Waals surface area contributed by atoms with Gasteiger partial charge in [0.2, 0.25) is 5.56 Å². The van der Waals surface area contributed by atoms with Crippen LogP contribution >= 0.6 is 11.6 Å². The molecule has 1 aliphatic heterocycles. The summed E-state index contributed by atoms with van der Waals surface area (Å²) in [5, 5.41) is 0.474. The van der Waals surface area contributed by atoms with E-state index in [9.17, 15) is 9.59 Å². The summed E-state index contributed by atoms with van der Waals surface area (Å²) >= 11 is 6.21. The predicted molar refractivity (Wildman–Crippen MR) is 92.3 cm³/mol. The van der Waals surface area contributed by atoms with Crippen molar-refractivity contribution in [2.24, 2.45) is 0 Å². The second-order valence-electron chi connectivity index (χ2n) is 6.40. The number of amides is 1. The van der Waals surface area contributed by atoms with E-state index in [1.54, 1.807) is 29.2 Å². The molecule has 1 aromatic carbocycles. The Labute approximate surface area is 144 Å². The monoisotopic (exact) mass is 344 g/mol. The number of hydrogen-bond donors (Lipinski definition) is 1. The topological polar surface area (TPSA) is 62.4 Å². The van der Waals surface area contributed by atoms with Gasteiger partial charge in [0.05, 0.1) is 17.3 Å². The molecule has 124 valence electrons. The molecule has 1 aliphatic carbocycles. The average molecular weight is 345 g/mol. The highest BCUT2D eigenvalue weighted by molar-refractivity contribution is 6.32. The summed E-state index contributed by atoms with van der Waals surface area (Å²) in [6, 6.07) is 8.48. The maximum atomic E-state index is 13.0. The number of benzene rings is 1. The first kappa shape index (κ1) is 15.3. The molecule has 2 heterocycles. The first-order chi connectivity index (χ1) is 11.5. The molecule has 1 atom stereocenters. The number of aromatic nitrogens is 1. The van der Waals surface area contributed by atoms with E-state index in [1.165, 1.54) is 6.07 Å². The van der Waals surface area contributed by atoms with Crippen molar-refractivity contribution in [1.29, 1.82) is 0 Å². The van der Waals surface area contributed by atoms with Crippen LogP contribution in [0, 0.1) is 0 Å². The third-order valence-corrected chi connectivity index (χ3v) is 4.67. The molecule has 1 aromatic heterocycles. The predicted octanol–water partition coefficient (Wildman–Crippen LogP) is 3.33. The Morgan fingerprint density at radius 3 is 2.88 bits per heavy atom. The molecule has 0 bridgehead atoms. The van der Waals surface area contributed by atoms with Gasteiger partial charge < -0.3 is 14.6 Å². The maximum Gasteiger partial charge on any atom is 0.258 e. The van der Waals surface area contributed by atoms with Gasteiger partial charge in [-0.15, -0.1) is 0 Å². The molecule has 0 unspecified atom stereocenters. The Morgan fingerprint density at radius 2 is 2.12 bits per heavy atom. The summed E-state index contributed by atoms with van der Waals surface area (Å²) in [4.78, 5) is 29.4. The van der Waals surface area contributed by atoms with Crippen LogP contribution in [-0.2, 0) is 0 Å². The molecule has 6 heteroatoms. The quantitative estimate of drug-likeness (QED) is 0.908. The Balaban J connectivity index is 1.75. The highest BCUT2D eigenvalue weighted by atomic mass is 35.5. The van der Waals surface area contributed by atoms with Crippen molar-refractivity contribution in [3.63, 3.8) is 0 Å². The van der Waals surface area contributed by atoms with Gasteiger partial charge in [0.1, 0.15) is 6.10 Å². The third-order valence-electron chi connectivity index (χ3n) is 4.37. The smallest absolute Gasteiger partial charge is 0.258 e. The number of para-hydroxylation sites is 1. The van der Waals surface area contributed by atoms with Gasteiger partial charge >= 0.3 is 0 Å². The van der Waals surface area contributed by atoms with E-state index < -0.39 is 0 Å². The lowest BCUT2D eigenvalue weighted by Gasteiger charge is -2.34. The number of hydrogen-bond acceptors (Lipinski definition) is 3. The fourth-order valence-corrected chi connectivity index (χ4v) is 3.29. The minimum absolute atomic E-state index is 0.175. The normalized spacial score (nSPS) is 19.6. The molecule has 0 saturated heterocycles. The van der Waals surface area contributed by atoms with Gasteiger partial charge in [0, 0.05) is 17.3 Å². The Morgan fingerprint density at radius 1 is 1.33 bits per heavy atom. The minimum Gasteiger partial charge on any atom is -0.485 e. The van der Waals surface area contributed by atoms with Crippen molar-refractivity contribution in [3.8, 4) is 5.75 Å². The van der Waals surface area contributed by atoms with Crippen molar-refractivity contribution < 1.29 is 9.53 Å². The summed E-state index contributed by atoms with van der Waals surface area (Å²) in [7, 11) is 0. The Bertz CT molecular complexity index is 873. The molecule has 24 heavy (non-hydrogen) atoms. The zero-order valence-electron chi connectivity index (χ0n) is 13.2. The fraction of sp³-hybridized carbons (Fsp3) is 0.333. The van der Waals surface area contributed by atoms with Gasteiger partial charge in [0.25, 0.3) is 5.91 Å². The van der Waals surface area contributed by atoms with Crippen molar-refractivity contribution in [2.75, 3.05) is 11.4 Å². The van der Waals surface area contributed by atoms with Crippen LogP contribution in [0.25, 0.3) is 0 Å². The van der Waals surface area contributed by atoms with E-state index in [0.29, 0.717) is 34.5 Å². The van der Waals surface area contributed by atoms with Crippen molar-refractivity contribution >= 4 is 23.2 Å². The second kappa shape index (κ2) is 5.67. The lowest BCUT2D eigenvalue weighted by Crippen LogP contribution is -2.42. The van der Waals surface area contributed by atoms with E-state index in [0.717, 1.165) is 18.5 Å². The van der Waals surface area contributed by atoms with Crippen molar-refractivity contribution in [3.05, 3.63) is 57.0 Å². The Kier molecular flexibility index (Phi) is 3.61. The number of H-pyrrole nitrogens is 1. The molecule has 1 amide bonds. The molecular weight excluding hydrogens is 328 g/mol. The van der Waals surface area contributed by atoms with Gasteiger partial charge in [-0.2, -0.15) is 0 Å². The molecule has 1 N–H and O–H groups in total. The number of rotatable bonds is 2. The molecular formula is C18H17ClN2O3. The van der Waals surface area contributed by atoms with Crippen LogP contribution in [0.2, 0.25) is 5.02 Å². The zero-order chi connectivity index (χ0) is 16.8. The highest BCUT2D eigenvalue weighted by Gasteiger charge is 2.31. The summed E-state index contributed by atoms with van der Waals surface area (Å²) in [5.41, 5.74) is 1.65. The third kappa shape index (κ3) is 2.69. The lowest BCUT2D eigenvalue weighted by molar-refractivity contribution is 0.0961. The Hall–Kier alpha value is -2.27. The summed E-state index contributed by atoms with van der Waals surface area (Å²) < 4.78 is 5.78. The van der Waals surface area contributed by atoms with Crippen LogP contribution in [0.15, 0.2) is 35.1 Å². The van der Waals surface area contributed by atoms with Crippen molar-refractivity contribution in [2.45, 2.75) is 31.8 Å². The van der Waals surface area contributed by atoms with Crippen LogP contribution in [0.1, 0.15) is 41.7 Å². The summed E-state index contributed by atoms with van der Waals surface area (Å²) in [5.74, 6) is 0.677. The number of pyridine rings is 1. The van der Waals surface area contributed by atoms with Gasteiger partial charge in [-0.1, -0.05) is 17.7 Å². The van der Waals surface area contributed by atoms with Crippen LogP contribution in [0.5, 0.6) is 5.75 Å². The van der Waals surface area contributed by atoms with Crippen LogP contribution in [0.4, 0.5) is 5.69 Å². The minimum atomic E-state index is -0.240. The largest absolute Gasteiger partial charge is 0.485 e. The van der Waals surface area contributed by atoms with E-state index >= 15 is 0 Å². The molecule has 0 radical (unpaired) electrons. The van der Waals surface area contributed by atoms with E-state index in [-0.39, 0.29) is 17.6 Å². The van der Waals surface area contributed by atoms with Gasteiger partial charge in [-0.05, 0) is 43.9 Å². The number of halogens is 1. The number of fused-ring (bicyclic) bond motifs is 1. The van der Waals surface area contributed by atoms with Crippen LogP contribution < -0.4 is 15.2 Å². The molecule has 2 aromatic rings. The SMILES string of the molecule is C[C@@H]1CN(C(=O)c2cc(C3CC3)[nH]c(=O)c2)c2cccc(Cl)c2O1. The summed E-state index contributed by atoms with van der Waals surface area (Å²) in [6.07, 6.45) is 1.94. The number of nitrogens with one attached hydrogen (secondary N) is 1. The van der Waals surface area contributed by atoms with Gasteiger partial charge in [-0.3, -0.25) is 9.59 Å². The second-order valence-corrected chi connectivity index (χ2v) is 6.80. The first-order valence-electron chi connectivity index (χ1n) is 8.04. The average Bonchev–Trinajstić information content (AvgIpc) is 3.39. The number of carbonyl (C=O) groups is 1. The number of aromatic amines is 1. The van der Waals surface area contributed by atoms with E-state index in [4.69, 9.17) is 16.3 Å². The van der Waals surface area contributed by atoms with E-state index in [1.807, 2.05) is 6.92 Å². The molecule has 2 aliphatic rings. The lowest BCUT2D eigenvalue weighted by atomic mass is 10.1. The number of carbonyl (C=O) groups excluding carboxylic acids is 1. The highest BCUT2D eigenvalue weighted by Crippen LogP contribution is 2.41. The maximum absolute atomic E-state index is 13.0.